The molecular formula is C15H24N4O2. The lowest BCUT2D eigenvalue weighted by atomic mass is 10.2. The Kier molecular flexibility index (Phi) is 6.84. The van der Waals surface area contributed by atoms with Gasteiger partial charge in [0.05, 0.1) is 12.6 Å². The molecule has 0 bridgehead atoms. The highest BCUT2D eigenvalue weighted by Crippen LogP contribution is 2.11. The minimum atomic E-state index is -0.408. The Balaban J connectivity index is 2.59. The first-order valence-electron chi connectivity index (χ1n) is 7.04. The van der Waals surface area contributed by atoms with Gasteiger partial charge in [-0.15, -0.1) is 0 Å². The highest BCUT2D eigenvalue weighted by molar-refractivity contribution is 5.95. The maximum atomic E-state index is 12.2. The maximum Gasteiger partial charge on any atom is 0.241 e. The minimum absolute atomic E-state index is 0.0928. The third kappa shape index (κ3) is 5.53. The van der Waals surface area contributed by atoms with Crippen LogP contribution in [0.2, 0.25) is 0 Å². The Morgan fingerprint density at radius 3 is 2.71 bits per heavy atom. The molecule has 2 amide bonds. The van der Waals surface area contributed by atoms with Crippen molar-refractivity contribution in [2.45, 2.75) is 26.4 Å². The highest BCUT2D eigenvalue weighted by atomic mass is 16.2. The van der Waals surface area contributed by atoms with Crippen molar-refractivity contribution < 1.29 is 9.59 Å². The van der Waals surface area contributed by atoms with Gasteiger partial charge in [-0.2, -0.15) is 0 Å². The van der Waals surface area contributed by atoms with Crippen LogP contribution in [0.4, 0.5) is 5.69 Å². The van der Waals surface area contributed by atoms with Crippen LogP contribution in [0.1, 0.15) is 19.4 Å². The van der Waals surface area contributed by atoms with Gasteiger partial charge < -0.3 is 16.4 Å². The van der Waals surface area contributed by atoms with Gasteiger partial charge in [0, 0.05) is 18.8 Å². The van der Waals surface area contributed by atoms with E-state index in [4.69, 9.17) is 5.73 Å². The molecule has 116 valence electrons. The molecule has 4 N–H and O–H groups in total. The summed E-state index contributed by atoms with van der Waals surface area (Å²) in [5, 5.41) is 5.54. The number of nitrogens with two attached hydrogens (primary N) is 1. The molecule has 0 heterocycles. The molecule has 1 aromatic rings. The molecule has 1 rings (SSSR count). The SMILES string of the molecule is CCNC(=O)CN(C)C(C)C(=O)Nc1cccc(CN)c1. The van der Waals surface area contributed by atoms with E-state index in [9.17, 15) is 9.59 Å². The Hall–Kier alpha value is -1.92. The lowest BCUT2D eigenvalue weighted by Crippen LogP contribution is -2.44. The number of rotatable bonds is 7. The molecule has 0 radical (unpaired) electrons. The largest absolute Gasteiger partial charge is 0.355 e. The number of carbonyl (C=O) groups is 2. The fraction of sp³-hybridized carbons (Fsp3) is 0.467. The van der Waals surface area contributed by atoms with Crippen molar-refractivity contribution >= 4 is 17.5 Å². The quantitative estimate of drug-likeness (QED) is 0.684. The zero-order valence-electron chi connectivity index (χ0n) is 12.8. The van der Waals surface area contributed by atoms with Gasteiger partial charge in [-0.1, -0.05) is 12.1 Å². The van der Waals surface area contributed by atoms with Gasteiger partial charge in [0.1, 0.15) is 0 Å². The third-order valence-corrected chi connectivity index (χ3v) is 3.24. The Morgan fingerprint density at radius 2 is 2.10 bits per heavy atom. The van der Waals surface area contributed by atoms with Crippen LogP contribution in [-0.2, 0) is 16.1 Å². The van der Waals surface area contributed by atoms with Gasteiger partial charge in [-0.3, -0.25) is 14.5 Å². The number of amides is 2. The predicted molar refractivity (Wildman–Crippen MR) is 83.7 cm³/mol. The molecule has 0 saturated carbocycles. The minimum Gasteiger partial charge on any atom is -0.355 e. The second kappa shape index (κ2) is 8.39. The molecule has 0 aliphatic rings. The molecule has 6 nitrogen and oxygen atoms in total. The van der Waals surface area contributed by atoms with Crippen molar-refractivity contribution in [1.82, 2.24) is 10.2 Å². The number of hydrogen-bond donors (Lipinski definition) is 3. The van der Waals surface area contributed by atoms with E-state index in [-0.39, 0.29) is 18.4 Å². The van der Waals surface area contributed by atoms with E-state index >= 15 is 0 Å². The predicted octanol–water partition coefficient (Wildman–Crippen LogP) is 0.540. The fourth-order valence-electron chi connectivity index (χ4n) is 1.84. The average Bonchev–Trinajstić information content (AvgIpc) is 2.46. The Labute approximate surface area is 125 Å². The lowest BCUT2D eigenvalue weighted by Gasteiger charge is -2.23. The van der Waals surface area contributed by atoms with Crippen molar-refractivity contribution in [3.63, 3.8) is 0 Å². The van der Waals surface area contributed by atoms with Crippen molar-refractivity contribution in [2.24, 2.45) is 5.73 Å². The van der Waals surface area contributed by atoms with Crippen LogP contribution in [0, 0.1) is 0 Å². The molecule has 0 aliphatic carbocycles. The maximum absolute atomic E-state index is 12.2. The molecule has 0 aliphatic heterocycles. The summed E-state index contributed by atoms with van der Waals surface area (Å²) >= 11 is 0. The molecule has 0 aromatic heterocycles. The van der Waals surface area contributed by atoms with Crippen LogP contribution >= 0.6 is 0 Å². The molecule has 0 saturated heterocycles. The normalized spacial score (nSPS) is 12.0. The van der Waals surface area contributed by atoms with Crippen LogP contribution in [-0.4, -0.2) is 42.9 Å². The zero-order valence-corrected chi connectivity index (χ0v) is 12.8. The van der Waals surface area contributed by atoms with Crippen LogP contribution < -0.4 is 16.4 Å². The summed E-state index contributed by atoms with van der Waals surface area (Å²) in [5.41, 5.74) is 7.24. The first kappa shape index (κ1) is 17.1. The summed E-state index contributed by atoms with van der Waals surface area (Å²) in [6.45, 7) is 4.82. The van der Waals surface area contributed by atoms with Crippen LogP contribution in [0.5, 0.6) is 0 Å². The summed E-state index contributed by atoms with van der Waals surface area (Å²) in [7, 11) is 1.75. The molecule has 0 spiro atoms. The second-order valence-electron chi connectivity index (χ2n) is 4.94. The second-order valence-corrected chi connectivity index (χ2v) is 4.94. The molecule has 1 unspecified atom stereocenters. The number of benzene rings is 1. The van der Waals surface area contributed by atoms with Crippen molar-refractivity contribution in [3.8, 4) is 0 Å². The van der Waals surface area contributed by atoms with E-state index in [1.807, 2.05) is 31.2 Å². The Morgan fingerprint density at radius 1 is 1.38 bits per heavy atom. The molecule has 0 fully saturated rings. The zero-order chi connectivity index (χ0) is 15.8. The summed E-state index contributed by atoms with van der Waals surface area (Å²) in [5.74, 6) is -0.249. The summed E-state index contributed by atoms with van der Waals surface area (Å²) in [4.78, 5) is 25.4. The first-order valence-corrected chi connectivity index (χ1v) is 7.04. The van der Waals surface area contributed by atoms with E-state index in [1.165, 1.54) is 0 Å². The van der Waals surface area contributed by atoms with Crippen molar-refractivity contribution in [3.05, 3.63) is 29.8 Å². The van der Waals surface area contributed by atoms with Crippen LogP contribution in [0.3, 0.4) is 0 Å². The first-order chi connectivity index (χ1) is 9.97. The number of nitrogens with one attached hydrogen (secondary N) is 2. The molecular weight excluding hydrogens is 268 g/mol. The topological polar surface area (TPSA) is 87.5 Å². The van der Waals surface area contributed by atoms with Crippen LogP contribution in [0.15, 0.2) is 24.3 Å². The third-order valence-electron chi connectivity index (χ3n) is 3.24. The molecule has 6 heteroatoms. The standard InChI is InChI=1S/C15H24N4O2/c1-4-17-14(20)10-19(3)11(2)15(21)18-13-7-5-6-12(8-13)9-16/h5-8,11H,4,9-10,16H2,1-3H3,(H,17,20)(H,18,21). The van der Waals surface area contributed by atoms with Gasteiger partial charge >= 0.3 is 0 Å². The van der Waals surface area contributed by atoms with E-state index < -0.39 is 6.04 Å². The summed E-state index contributed by atoms with van der Waals surface area (Å²) < 4.78 is 0. The molecule has 1 aromatic carbocycles. The lowest BCUT2D eigenvalue weighted by molar-refractivity contribution is -0.124. The number of nitrogens with zero attached hydrogens (tertiary/aromatic N) is 1. The van der Waals surface area contributed by atoms with Crippen molar-refractivity contribution in [2.75, 3.05) is 25.5 Å². The fourth-order valence-corrected chi connectivity index (χ4v) is 1.84. The van der Waals surface area contributed by atoms with Crippen molar-refractivity contribution in [1.29, 1.82) is 0 Å². The van der Waals surface area contributed by atoms with Gasteiger partial charge in [0.15, 0.2) is 0 Å². The van der Waals surface area contributed by atoms with E-state index in [2.05, 4.69) is 10.6 Å². The summed E-state index contributed by atoms with van der Waals surface area (Å²) in [6, 6.07) is 7.00. The number of likely N-dealkylation sites (N-methyl/N-ethyl adjacent to an activating group) is 2. The molecule has 21 heavy (non-hydrogen) atoms. The van der Waals surface area contributed by atoms with E-state index in [0.717, 1.165) is 5.56 Å². The number of carbonyl (C=O) groups excluding carboxylic acids is 2. The smallest absolute Gasteiger partial charge is 0.241 e. The van der Waals surface area contributed by atoms with E-state index in [0.29, 0.717) is 18.8 Å². The molecule has 1 atom stereocenters. The van der Waals surface area contributed by atoms with Crippen LogP contribution in [0.25, 0.3) is 0 Å². The van der Waals surface area contributed by atoms with Gasteiger partial charge in [-0.25, -0.2) is 0 Å². The van der Waals surface area contributed by atoms with Gasteiger partial charge in [-0.05, 0) is 38.6 Å². The number of anilines is 1. The summed E-state index contributed by atoms with van der Waals surface area (Å²) in [6.07, 6.45) is 0. The Bertz CT molecular complexity index is 490. The highest BCUT2D eigenvalue weighted by Gasteiger charge is 2.20. The van der Waals surface area contributed by atoms with E-state index in [1.54, 1.807) is 18.9 Å². The monoisotopic (exact) mass is 292 g/mol. The van der Waals surface area contributed by atoms with Gasteiger partial charge in [0.2, 0.25) is 11.8 Å². The average molecular weight is 292 g/mol. The number of hydrogen-bond acceptors (Lipinski definition) is 4. The van der Waals surface area contributed by atoms with Gasteiger partial charge in [0.25, 0.3) is 0 Å².